The molecule has 7 heteroatoms. The molecule has 0 fully saturated rings. The van der Waals surface area contributed by atoms with Gasteiger partial charge >= 0.3 is 0 Å². The standard InChI is InChI=1S/C22H23N5O2/c1-6-15-7-17-12-23-22(26-21(17)20(10-15)29-5)25-19-9-16(13-27(3)4)8-18(11-19)24-14(2)28/h1,7-12H,13H2,2-5H3,(H,24,28)(H,23,25,26). The summed E-state index contributed by atoms with van der Waals surface area (Å²) in [5.41, 5.74) is 3.88. The number of nitrogens with zero attached hydrogens (tertiary/aromatic N) is 3. The van der Waals surface area contributed by atoms with Crippen molar-refractivity contribution in [1.82, 2.24) is 14.9 Å². The third-order valence-corrected chi connectivity index (χ3v) is 4.10. The Balaban J connectivity index is 1.99. The number of methoxy groups -OCH3 is 1. The maximum Gasteiger partial charge on any atom is 0.227 e. The number of fused-ring (bicyclic) bond motifs is 1. The molecule has 7 nitrogen and oxygen atoms in total. The number of amides is 1. The predicted octanol–water partition coefficient (Wildman–Crippen LogP) is 3.38. The van der Waals surface area contributed by atoms with Crippen LogP contribution in [0.25, 0.3) is 10.9 Å². The molecule has 0 spiro atoms. The molecule has 1 aromatic heterocycles. The lowest BCUT2D eigenvalue weighted by molar-refractivity contribution is -0.114. The number of hydrogen-bond acceptors (Lipinski definition) is 6. The van der Waals surface area contributed by atoms with Crippen molar-refractivity contribution in [1.29, 1.82) is 0 Å². The van der Waals surface area contributed by atoms with Gasteiger partial charge in [-0.1, -0.05) is 5.92 Å². The van der Waals surface area contributed by atoms with Gasteiger partial charge in [0, 0.05) is 42.0 Å². The largest absolute Gasteiger partial charge is 0.494 e. The van der Waals surface area contributed by atoms with Crippen molar-refractivity contribution in [2.75, 3.05) is 31.8 Å². The lowest BCUT2D eigenvalue weighted by Crippen LogP contribution is -2.12. The average molecular weight is 389 g/mol. The minimum Gasteiger partial charge on any atom is -0.494 e. The quantitative estimate of drug-likeness (QED) is 0.629. The number of anilines is 3. The first-order valence-electron chi connectivity index (χ1n) is 9.02. The molecule has 0 radical (unpaired) electrons. The van der Waals surface area contributed by atoms with E-state index in [0.29, 0.717) is 28.5 Å². The van der Waals surface area contributed by atoms with E-state index in [2.05, 4.69) is 31.4 Å². The van der Waals surface area contributed by atoms with Crippen molar-refractivity contribution in [3.8, 4) is 18.1 Å². The summed E-state index contributed by atoms with van der Waals surface area (Å²) in [5, 5.41) is 6.84. The van der Waals surface area contributed by atoms with Crippen LogP contribution in [0.15, 0.2) is 36.5 Å². The molecule has 0 saturated heterocycles. The Labute approximate surface area is 170 Å². The Morgan fingerprint density at radius 3 is 2.62 bits per heavy atom. The zero-order valence-electron chi connectivity index (χ0n) is 16.9. The first-order chi connectivity index (χ1) is 13.9. The van der Waals surface area contributed by atoms with Crippen molar-refractivity contribution in [2.24, 2.45) is 0 Å². The van der Waals surface area contributed by atoms with Crippen LogP contribution in [-0.2, 0) is 11.3 Å². The van der Waals surface area contributed by atoms with Gasteiger partial charge in [-0.2, -0.15) is 0 Å². The molecule has 0 aliphatic carbocycles. The van der Waals surface area contributed by atoms with Gasteiger partial charge in [-0.25, -0.2) is 9.97 Å². The fraction of sp³-hybridized carbons (Fsp3) is 0.227. The van der Waals surface area contributed by atoms with Gasteiger partial charge in [-0.3, -0.25) is 4.79 Å². The van der Waals surface area contributed by atoms with Gasteiger partial charge in [0.2, 0.25) is 11.9 Å². The van der Waals surface area contributed by atoms with Crippen LogP contribution in [0.2, 0.25) is 0 Å². The Kier molecular flexibility index (Phi) is 5.96. The highest BCUT2D eigenvalue weighted by Gasteiger charge is 2.10. The summed E-state index contributed by atoms with van der Waals surface area (Å²) in [6, 6.07) is 9.39. The van der Waals surface area contributed by atoms with Crippen LogP contribution in [0.3, 0.4) is 0 Å². The third-order valence-electron chi connectivity index (χ3n) is 4.10. The number of carbonyl (C=O) groups is 1. The highest BCUT2D eigenvalue weighted by Crippen LogP contribution is 2.28. The lowest BCUT2D eigenvalue weighted by atomic mass is 10.1. The van der Waals surface area contributed by atoms with Gasteiger partial charge in [0.15, 0.2) is 0 Å². The van der Waals surface area contributed by atoms with Crippen molar-refractivity contribution < 1.29 is 9.53 Å². The van der Waals surface area contributed by atoms with E-state index in [9.17, 15) is 4.79 Å². The van der Waals surface area contributed by atoms with Gasteiger partial charge in [0.1, 0.15) is 11.3 Å². The molecular weight excluding hydrogens is 366 g/mol. The predicted molar refractivity (Wildman–Crippen MR) is 115 cm³/mol. The van der Waals surface area contributed by atoms with Gasteiger partial charge in [-0.15, -0.1) is 6.42 Å². The number of rotatable bonds is 6. The van der Waals surface area contributed by atoms with Crippen LogP contribution < -0.4 is 15.4 Å². The number of nitrogens with one attached hydrogen (secondary N) is 2. The molecule has 1 amide bonds. The highest BCUT2D eigenvalue weighted by atomic mass is 16.5. The van der Waals surface area contributed by atoms with Gasteiger partial charge in [0.05, 0.1) is 7.11 Å². The maximum absolute atomic E-state index is 11.5. The second kappa shape index (κ2) is 8.59. The van der Waals surface area contributed by atoms with Gasteiger partial charge in [-0.05, 0) is 50.0 Å². The van der Waals surface area contributed by atoms with Gasteiger partial charge in [0.25, 0.3) is 0 Å². The number of carbonyl (C=O) groups excluding carboxylic acids is 1. The zero-order chi connectivity index (χ0) is 21.0. The van der Waals surface area contributed by atoms with E-state index in [4.69, 9.17) is 11.2 Å². The summed E-state index contributed by atoms with van der Waals surface area (Å²) in [6.45, 7) is 2.21. The summed E-state index contributed by atoms with van der Waals surface area (Å²) < 4.78 is 5.43. The van der Waals surface area contributed by atoms with Crippen LogP contribution in [-0.4, -0.2) is 42.0 Å². The SMILES string of the molecule is C#Cc1cc(OC)c2nc(Nc3cc(CN(C)C)cc(NC(C)=O)c3)ncc2c1. The third kappa shape index (κ3) is 5.00. The topological polar surface area (TPSA) is 79.4 Å². The number of terminal acetylenes is 1. The number of aromatic nitrogens is 2. The fourth-order valence-corrected chi connectivity index (χ4v) is 3.04. The lowest BCUT2D eigenvalue weighted by Gasteiger charge is -2.15. The van der Waals surface area contributed by atoms with Crippen LogP contribution in [0.5, 0.6) is 5.75 Å². The van der Waals surface area contributed by atoms with E-state index in [-0.39, 0.29) is 5.91 Å². The molecule has 0 unspecified atom stereocenters. The van der Waals surface area contributed by atoms with E-state index in [1.807, 2.05) is 38.4 Å². The first-order valence-corrected chi connectivity index (χ1v) is 9.02. The van der Waals surface area contributed by atoms with E-state index < -0.39 is 0 Å². The van der Waals surface area contributed by atoms with E-state index in [1.165, 1.54) is 6.92 Å². The molecule has 0 bridgehead atoms. The molecule has 3 aromatic rings. The minimum absolute atomic E-state index is 0.131. The molecule has 29 heavy (non-hydrogen) atoms. The number of hydrogen-bond donors (Lipinski definition) is 2. The van der Waals surface area contributed by atoms with E-state index in [0.717, 1.165) is 23.2 Å². The van der Waals surface area contributed by atoms with Crippen LogP contribution in [0.1, 0.15) is 18.1 Å². The number of ether oxygens (including phenoxy) is 1. The summed E-state index contributed by atoms with van der Waals surface area (Å²) >= 11 is 0. The number of benzene rings is 2. The summed E-state index contributed by atoms with van der Waals surface area (Å²) in [5.74, 6) is 3.47. The molecule has 1 heterocycles. The molecule has 0 atom stereocenters. The Morgan fingerprint density at radius 1 is 1.21 bits per heavy atom. The highest BCUT2D eigenvalue weighted by molar-refractivity contribution is 5.90. The molecule has 2 N–H and O–H groups in total. The molecule has 148 valence electrons. The van der Waals surface area contributed by atoms with Crippen LogP contribution in [0, 0.1) is 12.3 Å². The smallest absolute Gasteiger partial charge is 0.227 e. The molecule has 0 saturated carbocycles. The second-order valence-electron chi connectivity index (χ2n) is 6.92. The molecule has 0 aliphatic rings. The zero-order valence-corrected chi connectivity index (χ0v) is 16.9. The summed E-state index contributed by atoms with van der Waals surface area (Å²) in [7, 11) is 5.55. The maximum atomic E-state index is 11.5. The molecule has 2 aromatic carbocycles. The molecular formula is C22H23N5O2. The summed E-state index contributed by atoms with van der Waals surface area (Å²) in [4.78, 5) is 22.5. The van der Waals surface area contributed by atoms with E-state index >= 15 is 0 Å². The second-order valence-corrected chi connectivity index (χ2v) is 6.92. The summed E-state index contributed by atoms with van der Waals surface area (Å²) in [6.07, 6.45) is 7.20. The molecule has 3 rings (SSSR count). The van der Waals surface area contributed by atoms with Crippen molar-refractivity contribution in [2.45, 2.75) is 13.5 Å². The minimum atomic E-state index is -0.131. The van der Waals surface area contributed by atoms with E-state index in [1.54, 1.807) is 19.4 Å². The first kappa shape index (κ1) is 20.1. The van der Waals surface area contributed by atoms with Gasteiger partial charge < -0.3 is 20.3 Å². The Bertz CT molecular complexity index is 1100. The van der Waals surface area contributed by atoms with Crippen molar-refractivity contribution in [3.63, 3.8) is 0 Å². The van der Waals surface area contributed by atoms with Crippen molar-refractivity contribution >= 4 is 34.1 Å². The average Bonchev–Trinajstić information content (AvgIpc) is 2.65. The van der Waals surface area contributed by atoms with Crippen LogP contribution in [0.4, 0.5) is 17.3 Å². The Hall–Kier alpha value is -3.63. The Morgan fingerprint density at radius 2 is 1.97 bits per heavy atom. The normalized spacial score (nSPS) is 10.6. The van der Waals surface area contributed by atoms with Crippen LogP contribution >= 0.6 is 0 Å². The van der Waals surface area contributed by atoms with Crippen molar-refractivity contribution in [3.05, 3.63) is 47.7 Å². The fourth-order valence-electron chi connectivity index (χ4n) is 3.04. The molecule has 0 aliphatic heterocycles. The monoisotopic (exact) mass is 389 g/mol.